The van der Waals surface area contributed by atoms with Gasteiger partial charge in [-0.3, -0.25) is 0 Å². The molecule has 0 bridgehead atoms. The van der Waals surface area contributed by atoms with Crippen LogP contribution >= 0.6 is 0 Å². The van der Waals surface area contributed by atoms with Gasteiger partial charge < -0.3 is 19.8 Å². The molecule has 0 aliphatic rings. The van der Waals surface area contributed by atoms with E-state index in [0.717, 1.165) is 12.1 Å². The number of rotatable bonds is 2. The van der Waals surface area contributed by atoms with Crippen molar-refractivity contribution in [2.24, 2.45) is 0 Å². The van der Waals surface area contributed by atoms with E-state index in [0.29, 0.717) is 0 Å². The van der Waals surface area contributed by atoms with Crippen LogP contribution in [-0.2, 0) is 0 Å². The Balaban J connectivity index is -0.000000480. The number of carboxylic acids is 2. The van der Waals surface area contributed by atoms with E-state index >= 15 is 0 Å². The van der Waals surface area contributed by atoms with Crippen LogP contribution in [0.5, 0.6) is 0 Å². The fourth-order valence-electron chi connectivity index (χ4n) is 0.839. The van der Waals surface area contributed by atoms with Crippen LogP contribution in [-0.4, -0.2) is 11.9 Å². The van der Waals surface area contributed by atoms with Gasteiger partial charge in [0.2, 0.25) is 0 Å². The zero-order valence-corrected chi connectivity index (χ0v) is 14.9. The molecule has 1 rings (SSSR count). The Bertz CT molecular complexity index is 307. The average molecular weight is 233 g/mol. The zero-order valence-electron chi connectivity index (χ0n) is 8.94. The van der Waals surface area contributed by atoms with Crippen molar-refractivity contribution in [3.05, 3.63) is 35.4 Å². The predicted octanol–water partition coefficient (Wildman–Crippen LogP) is -10.6. The predicted molar refractivity (Wildman–Crippen MR) is 35.1 cm³/mol. The van der Waals surface area contributed by atoms with E-state index in [1.807, 2.05) is 0 Å². The average Bonchev–Trinajstić information content (AvgIpc) is 2.04. The van der Waals surface area contributed by atoms with Crippen molar-refractivity contribution in [2.75, 3.05) is 0 Å². The molecule has 0 aliphatic heterocycles. The molecule has 0 saturated heterocycles. The van der Waals surface area contributed by atoms with Gasteiger partial charge >= 0.3 is 88.7 Å². The van der Waals surface area contributed by atoms with E-state index in [4.69, 9.17) is 0 Å². The summed E-state index contributed by atoms with van der Waals surface area (Å²) in [5, 5.41) is 20.6. The van der Waals surface area contributed by atoms with Gasteiger partial charge in [0.1, 0.15) is 0 Å². The molecular formula is C8H4Na3O4+. The Morgan fingerprint density at radius 1 is 0.800 bits per heavy atom. The van der Waals surface area contributed by atoms with Gasteiger partial charge in [-0.1, -0.05) is 24.3 Å². The van der Waals surface area contributed by atoms with Gasteiger partial charge in [-0.05, 0) is 0 Å². The molecule has 0 fully saturated rings. The summed E-state index contributed by atoms with van der Waals surface area (Å²) in [6.45, 7) is 0. The summed E-state index contributed by atoms with van der Waals surface area (Å²) >= 11 is 0. The van der Waals surface area contributed by atoms with Gasteiger partial charge in [-0.15, -0.1) is 0 Å². The second kappa shape index (κ2) is 10.3. The molecule has 0 aromatic heterocycles. The molecular weight excluding hydrogens is 229 g/mol. The number of hydrogen-bond donors (Lipinski definition) is 0. The SMILES string of the molecule is O=C([O-])c1ccccc1C(=O)[O-].[Na+].[Na+].[Na+]. The van der Waals surface area contributed by atoms with Gasteiger partial charge in [0, 0.05) is 11.1 Å². The first kappa shape index (κ1) is 21.4. The number of hydrogen-bond acceptors (Lipinski definition) is 4. The standard InChI is InChI=1S/C8H6O4.3Na/c9-7(10)5-3-1-2-4-6(5)8(11)12;;;/h1-4H,(H,9,10)(H,11,12);;;/q;3*+1/p-2. The molecule has 62 valence electrons. The summed E-state index contributed by atoms with van der Waals surface area (Å²) < 4.78 is 0. The van der Waals surface area contributed by atoms with E-state index in [2.05, 4.69) is 0 Å². The van der Waals surface area contributed by atoms with E-state index in [-0.39, 0.29) is 99.8 Å². The minimum Gasteiger partial charge on any atom is -0.545 e. The molecule has 0 aliphatic carbocycles. The van der Waals surface area contributed by atoms with Crippen molar-refractivity contribution in [1.82, 2.24) is 0 Å². The number of benzene rings is 1. The molecule has 0 spiro atoms. The van der Waals surface area contributed by atoms with Gasteiger partial charge in [-0.2, -0.15) is 0 Å². The molecule has 0 saturated carbocycles. The summed E-state index contributed by atoms with van der Waals surface area (Å²) in [5.41, 5.74) is -0.727. The summed E-state index contributed by atoms with van der Waals surface area (Å²) in [5.74, 6) is -3.04. The van der Waals surface area contributed by atoms with Crippen LogP contribution < -0.4 is 98.9 Å². The zero-order chi connectivity index (χ0) is 9.14. The second-order valence-corrected chi connectivity index (χ2v) is 2.12. The molecule has 0 atom stereocenters. The minimum atomic E-state index is -1.52. The van der Waals surface area contributed by atoms with Crippen molar-refractivity contribution >= 4 is 11.9 Å². The van der Waals surface area contributed by atoms with Crippen molar-refractivity contribution in [3.63, 3.8) is 0 Å². The first-order valence-corrected chi connectivity index (χ1v) is 3.14. The summed E-state index contributed by atoms with van der Waals surface area (Å²) in [6, 6.07) is 5.14. The van der Waals surface area contributed by atoms with Crippen LogP contribution in [0.2, 0.25) is 0 Å². The van der Waals surface area contributed by atoms with Crippen LogP contribution in [0.1, 0.15) is 20.7 Å². The third-order valence-corrected chi connectivity index (χ3v) is 1.37. The number of carbonyl (C=O) groups excluding carboxylic acids is 2. The maximum absolute atomic E-state index is 10.3. The minimum absolute atomic E-state index is 0. The molecule has 0 heterocycles. The van der Waals surface area contributed by atoms with Crippen LogP contribution in [0.3, 0.4) is 0 Å². The van der Waals surface area contributed by atoms with Crippen molar-refractivity contribution in [3.8, 4) is 0 Å². The topological polar surface area (TPSA) is 80.3 Å². The molecule has 0 radical (unpaired) electrons. The number of aromatic carboxylic acids is 2. The molecule has 7 heteroatoms. The molecule has 0 N–H and O–H groups in total. The fraction of sp³-hybridized carbons (Fsp3) is 0. The van der Waals surface area contributed by atoms with Crippen LogP contribution in [0, 0.1) is 0 Å². The first-order chi connectivity index (χ1) is 5.63. The van der Waals surface area contributed by atoms with Crippen LogP contribution in [0.15, 0.2) is 24.3 Å². The van der Waals surface area contributed by atoms with Crippen LogP contribution in [0.4, 0.5) is 0 Å². The van der Waals surface area contributed by atoms with Crippen molar-refractivity contribution in [1.29, 1.82) is 0 Å². The number of carbonyl (C=O) groups is 2. The molecule has 0 unspecified atom stereocenters. The summed E-state index contributed by atoms with van der Waals surface area (Å²) in [6.07, 6.45) is 0. The molecule has 15 heavy (non-hydrogen) atoms. The third-order valence-electron chi connectivity index (χ3n) is 1.37. The van der Waals surface area contributed by atoms with E-state index in [9.17, 15) is 19.8 Å². The monoisotopic (exact) mass is 233 g/mol. The quantitative estimate of drug-likeness (QED) is 0.475. The Morgan fingerprint density at radius 2 is 1.07 bits per heavy atom. The van der Waals surface area contributed by atoms with Gasteiger partial charge in [0.25, 0.3) is 0 Å². The van der Waals surface area contributed by atoms with Gasteiger partial charge in [0.05, 0.1) is 11.9 Å². The van der Waals surface area contributed by atoms with Crippen molar-refractivity contribution < 1.29 is 108 Å². The second-order valence-electron chi connectivity index (χ2n) is 2.12. The molecule has 1 aromatic carbocycles. The van der Waals surface area contributed by atoms with E-state index in [1.165, 1.54) is 12.1 Å². The van der Waals surface area contributed by atoms with E-state index < -0.39 is 11.9 Å². The smallest absolute Gasteiger partial charge is 0.545 e. The Morgan fingerprint density at radius 3 is 1.27 bits per heavy atom. The largest absolute Gasteiger partial charge is 1.00 e. The maximum atomic E-state index is 10.3. The summed E-state index contributed by atoms with van der Waals surface area (Å²) in [7, 11) is 0. The molecule has 0 amide bonds. The van der Waals surface area contributed by atoms with Gasteiger partial charge in [0.15, 0.2) is 0 Å². The fourth-order valence-corrected chi connectivity index (χ4v) is 0.839. The third kappa shape index (κ3) is 6.46. The maximum Gasteiger partial charge on any atom is 1.00 e. The normalized spacial score (nSPS) is 7.47. The van der Waals surface area contributed by atoms with Crippen LogP contribution in [0.25, 0.3) is 0 Å². The Hall–Kier alpha value is 1.16. The Labute approximate surface area is 153 Å². The molecule has 1 aromatic rings. The summed E-state index contributed by atoms with van der Waals surface area (Å²) in [4.78, 5) is 20.6. The van der Waals surface area contributed by atoms with Crippen molar-refractivity contribution in [2.45, 2.75) is 0 Å². The number of carboxylic acid groups (broad SMARTS) is 2. The first-order valence-electron chi connectivity index (χ1n) is 3.14. The molecule has 4 nitrogen and oxygen atoms in total. The van der Waals surface area contributed by atoms with Gasteiger partial charge in [-0.25, -0.2) is 0 Å². The Kier molecular flexibility index (Phi) is 14.8. The van der Waals surface area contributed by atoms with E-state index in [1.54, 1.807) is 0 Å².